The first kappa shape index (κ1) is 14.6. The quantitative estimate of drug-likeness (QED) is 0.811. The second-order valence-corrected chi connectivity index (χ2v) is 3.57. The number of amides is 1. The van der Waals surface area contributed by atoms with Gasteiger partial charge >= 0.3 is 12.1 Å². The van der Waals surface area contributed by atoms with Crippen LogP contribution in [-0.2, 0) is 11.0 Å². The van der Waals surface area contributed by atoms with Gasteiger partial charge in [-0.3, -0.25) is 4.79 Å². The zero-order valence-corrected chi connectivity index (χ0v) is 9.63. The molecule has 0 radical (unpaired) electrons. The Labute approximate surface area is 106 Å². The molecule has 4 nitrogen and oxygen atoms in total. The lowest BCUT2D eigenvalue weighted by atomic mass is 10.0. The molecular formula is C12H8F3NO3. The number of benzene rings is 1. The number of hydrogen-bond acceptors (Lipinski definition) is 2. The summed E-state index contributed by atoms with van der Waals surface area (Å²) in [5.74, 6) is -0.329. The van der Waals surface area contributed by atoms with E-state index in [4.69, 9.17) is 11.5 Å². The molecule has 0 saturated carbocycles. The number of carboxylic acids is 1. The summed E-state index contributed by atoms with van der Waals surface area (Å²) in [6.45, 7) is 1.09. The number of terminal acetylenes is 1. The average Bonchev–Trinajstić information content (AvgIpc) is 2.26. The van der Waals surface area contributed by atoms with Gasteiger partial charge in [-0.05, 0) is 12.1 Å². The van der Waals surface area contributed by atoms with Crippen LogP contribution in [0.2, 0.25) is 0 Å². The standard InChI is InChI=1S/C12H8F3NO3/c1-3-7-4-8(12(13,14)15)5-9(11(18)19)10(7)16-6(2)17/h1,4-5H,2H3,(H,16,17)(H,18,19). The molecule has 0 bridgehead atoms. The molecule has 0 saturated heterocycles. The van der Waals surface area contributed by atoms with Crippen molar-refractivity contribution >= 4 is 17.6 Å². The smallest absolute Gasteiger partial charge is 0.416 e. The molecule has 100 valence electrons. The molecule has 7 heteroatoms. The molecule has 2 N–H and O–H groups in total. The van der Waals surface area contributed by atoms with Crippen molar-refractivity contribution in [2.24, 2.45) is 0 Å². The molecule has 0 aliphatic carbocycles. The molecule has 1 aromatic carbocycles. The largest absolute Gasteiger partial charge is 0.478 e. The summed E-state index contributed by atoms with van der Waals surface area (Å²) in [5.41, 5.74) is -2.57. The van der Waals surface area contributed by atoms with Crippen molar-refractivity contribution < 1.29 is 27.9 Å². The Morgan fingerprint density at radius 2 is 1.95 bits per heavy atom. The van der Waals surface area contributed by atoms with Gasteiger partial charge in [-0.15, -0.1) is 6.42 Å². The number of anilines is 1. The monoisotopic (exact) mass is 271 g/mol. The number of aromatic carboxylic acids is 1. The van der Waals surface area contributed by atoms with Gasteiger partial charge in [0.25, 0.3) is 0 Å². The van der Waals surface area contributed by atoms with Gasteiger partial charge in [0, 0.05) is 12.5 Å². The summed E-state index contributed by atoms with van der Waals surface area (Å²) < 4.78 is 37.8. The Hall–Kier alpha value is -2.49. The fourth-order valence-electron chi connectivity index (χ4n) is 1.40. The molecule has 19 heavy (non-hydrogen) atoms. The van der Waals surface area contributed by atoms with E-state index in [1.807, 2.05) is 5.92 Å². The summed E-state index contributed by atoms with van der Waals surface area (Å²) in [7, 11) is 0. The van der Waals surface area contributed by atoms with Crippen LogP contribution in [0.3, 0.4) is 0 Å². The van der Waals surface area contributed by atoms with Gasteiger partial charge in [-0.1, -0.05) is 5.92 Å². The molecule has 0 aliphatic rings. The predicted molar refractivity (Wildman–Crippen MR) is 60.6 cm³/mol. The number of alkyl halides is 3. The van der Waals surface area contributed by atoms with E-state index in [9.17, 15) is 22.8 Å². The summed E-state index contributed by atoms with van der Waals surface area (Å²) >= 11 is 0. The molecule has 1 amide bonds. The van der Waals surface area contributed by atoms with E-state index in [0.717, 1.165) is 6.92 Å². The minimum atomic E-state index is -4.73. The number of carbonyl (C=O) groups is 2. The number of carboxylic acid groups (broad SMARTS) is 1. The van der Waals surface area contributed by atoms with Gasteiger partial charge in [0.2, 0.25) is 5.91 Å². The topological polar surface area (TPSA) is 66.4 Å². The highest BCUT2D eigenvalue weighted by Crippen LogP contribution is 2.34. The maximum absolute atomic E-state index is 12.6. The maximum Gasteiger partial charge on any atom is 0.416 e. The summed E-state index contributed by atoms with van der Waals surface area (Å²) in [6.07, 6.45) is 0.314. The van der Waals surface area contributed by atoms with Crippen LogP contribution in [-0.4, -0.2) is 17.0 Å². The Balaban J connectivity index is 3.59. The third kappa shape index (κ3) is 3.25. The van der Waals surface area contributed by atoms with Gasteiger partial charge in [-0.2, -0.15) is 13.2 Å². The van der Waals surface area contributed by atoms with E-state index >= 15 is 0 Å². The lowest BCUT2D eigenvalue weighted by Gasteiger charge is -2.14. The molecular weight excluding hydrogens is 263 g/mol. The molecule has 1 rings (SSSR count). The van der Waals surface area contributed by atoms with E-state index in [1.54, 1.807) is 0 Å². The normalized spacial score (nSPS) is 10.7. The number of carbonyl (C=O) groups excluding carboxylic acids is 1. The summed E-state index contributed by atoms with van der Waals surface area (Å²) in [4.78, 5) is 21.9. The number of halogens is 3. The third-order valence-corrected chi connectivity index (χ3v) is 2.15. The van der Waals surface area contributed by atoms with E-state index in [1.165, 1.54) is 0 Å². The van der Waals surface area contributed by atoms with Gasteiger partial charge in [-0.25, -0.2) is 4.79 Å². The van der Waals surface area contributed by atoms with Gasteiger partial charge in [0.05, 0.1) is 16.8 Å². The van der Waals surface area contributed by atoms with Crippen LogP contribution >= 0.6 is 0 Å². The van der Waals surface area contributed by atoms with E-state index < -0.39 is 29.2 Å². The SMILES string of the molecule is C#Cc1cc(C(F)(F)F)cc(C(=O)O)c1NC(C)=O. The molecule has 0 aliphatic heterocycles. The number of nitrogens with one attached hydrogen (secondary N) is 1. The van der Waals surface area contributed by atoms with Crippen molar-refractivity contribution in [3.05, 3.63) is 28.8 Å². The van der Waals surface area contributed by atoms with Crippen LogP contribution in [0, 0.1) is 12.3 Å². The molecule has 1 aromatic rings. The minimum Gasteiger partial charge on any atom is -0.478 e. The van der Waals surface area contributed by atoms with Gasteiger partial charge < -0.3 is 10.4 Å². The molecule has 0 aromatic heterocycles. The third-order valence-electron chi connectivity index (χ3n) is 2.15. The van der Waals surface area contributed by atoms with Crippen LogP contribution in [0.15, 0.2) is 12.1 Å². The van der Waals surface area contributed by atoms with E-state index in [-0.39, 0.29) is 11.3 Å². The van der Waals surface area contributed by atoms with Crippen LogP contribution in [0.5, 0.6) is 0 Å². The van der Waals surface area contributed by atoms with Crippen molar-refractivity contribution in [3.8, 4) is 12.3 Å². The van der Waals surface area contributed by atoms with Crippen molar-refractivity contribution in [2.75, 3.05) is 5.32 Å². The van der Waals surface area contributed by atoms with E-state index in [2.05, 4.69) is 5.32 Å². The first-order chi connectivity index (χ1) is 8.66. The molecule has 0 unspecified atom stereocenters. The first-order valence-corrected chi connectivity index (χ1v) is 4.89. The van der Waals surface area contributed by atoms with Crippen LogP contribution in [0.25, 0.3) is 0 Å². The number of hydrogen-bond donors (Lipinski definition) is 2. The highest BCUT2D eigenvalue weighted by Gasteiger charge is 2.33. The highest BCUT2D eigenvalue weighted by molar-refractivity contribution is 6.01. The summed E-state index contributed by atoms with van der Waals surface area (Å²) in [6, 6.07) is 1.03. The maximum atomic E-state index is 12.6. The zero-order chi connectivity index (χ0) is 14.8. The Morgan fingerprint density at radius 3 is 2.32 bits per heavy atom. The predicted octanol–water partition coefficient (Wildman–Crippen LogP) is 2.34. The van der Waals surface area contributed by atoms with Gasteiger partial charge in [0.15, 0.2) is 0 Å². The fraction of sp³-hybridized carbons (Fsp3) is 0.167. The molecule has 0 spiro atoms. The molecule has 0 fully saturated rings. The van der Waals surface area contributed by atoms with Crippen molar-refractivity contribution in [1.82, 2.24) is 0 Å². The van der Waals surface area contributed by atoms with Crippen molar-refractivity contribution in [3.63, 3.8) is 0 Å². The second-order valence-electron chi connectivity index (χ2n) is 3.57. The van der Waals surface area contributed by atoms with E-state index in [0.29, 0.717) is 12.1 Å². The summed E-state index contributed by atoms with van der Waals surface area (Å²) in [5, 5.41) is 11.0. The number of rotatable bonds is 2. The minimum absolute atomic E-state index is 0.324. The van der Waals surface area contributed by atoms with Gasteiger partial charge in [0.1, 0.15) is 0 Å². The average molecular weight is 271 g/mol. The Kier molecular flexibility index (Phi) is 3.85. The fourth-order valence-corrected chi connectivity index (χ4v) is 1.40. The first-order valence-electron chi connectivity index (χ1n) is 4.89. The zero-order valence-electron chi connectivity index (χ0n) is 9.63. The molecule has 0 atom stereocenters. The molecule has 0 heterocycles. The lowest BCUT2D eigenvalue weighted by molar-refractivity contribution is -0.137. The van der Waals surface area contributed by atoms with Crippen LogP contribution in [0.1, 0.15) is 28.4 Å². The lowest BCUT2D eigenvalue weighted by Crippen LogP contribution is -2.15. The second kappa shape index (κ2) is 5.02. The van der Waals surface area contributed by atoms with Crippen LogP contribution in [0.4, 0.5) is 18.9 Å². The Bertz CT molecular complexity index is 585. The van der Waals surface area contributed by atoms with Crippen LogP contribution < -0.4 is 5.32 Å². The highest BCUT2D eigenvalue weighted by atomic mass is 19.4. The van der Waals surface area contributed by atoms with Crippen molar-refractivity contribution in [2.45, 2.75) is 13.1 Å². The van der Waals surface area contributed by atoms with Crippen molar-refractivity contribution in [1.29, 1.82) is 0 Å². The Morgan fingerprint density at radius 1 is 1.37 bits per heavy atom.